The fourth-order valence-electron chi connectivity index (χ4n) is 2.89. The molecule has 0 N–H and O–H groups in total. The van der Waals surface area contributed by atoms with Gasteiger partial charge in [-0.2, -0.15) is 5.10 Å². The molecule has 4 rings (SSSR count). The highest BCUT2D eigenvalue weighted by molar-refractivity contribution is 9.10. The van der Waals surface area contributed by atoms with Crippen molar-refractivity contribution >= 4 is 50.3 Å². The van der Waals surface area contributed by atoms with Gasteiger partial charge in [0.05, 0.1) is 17.4 Å². The normalized spacial score (nSPS) is 17.2. The van der Waals surface area contributed by atoms with Crippen LogP contribution in [0.25, 0.3) is 0 Å². The Labute approximate surface area is 158 Å². The number of nitrogens with zero attached hydrogens (tertiary/aromatic N) is 2. The number of hydrogen-bond acceptors (Lipinski definition) is 3. The fraction of sp³-hybridized carbons (Fsp3) is 0.105. The van der Waals surface area contributed by atoms with Crippen molar-refractivity contribution in [3.8, 4) is 0 Å². The molecule has 0 saturated heterocycles. The van der Waals surface area contributed by atoms with Gasteiger partial charge in [0.2, 0.25) is 0 Å². The molecule has 0 radical (unpaired) electrons. The van der Waals surface area contributed by atoms with E-state index in [9.17, 15) is 0 Å². The van der Waals surface area contributed by atoms with Gasteiger partial charge in [-0.3, -0.25) is 5.01 Å². The van der Waals surface area contributed by atoms with Crippen molar-refractivity contribution in [2.24, 2.45) is 5.10 Å². The van der Waals surface area contributed by atoms with Crippen LogP contribution < -0.4 is 5.01 Å². The van der Waals surface area contributed by atoms with Crippen LogP contribution in [0, 0.1) is 0 Å². The average Bonchev–Trinajstić information content (AvgIpc) is 3.25. The first kappa shape index (κ1) is 15.9. The number of benzene rings is 2. The van der Waals surface area contributed by atoms with Crippen molar-refractivity contribution in [1.29, 1.82) is 0 Å². The molecule has 0 spiro atoms. The lowest BCUT2D eigenvalue weighted by atomic mass is 10.0. The molecule has 120 valence electrons. The van der Waals surface area contributed by atoms with Crippen LogP contribution in [0.5, 0.6) is 0 Å². The molecule has 2 aromatic carbocycles. The van der Waals surface area contributed by atoms with Crippen LogP contribution in [0.2, 0.25) is 5.02 Å². The van der Waals surface area contributed by atoms with E-state index in [1.54, 1.807) is 11.3 Å². The minimum absolute atomic E-state index is 0.210. The first-order valence-electron chi connectivity index (χ1n) is 7.62. The third-order valence-corrected chi connectivity index (χ3v) is 5.77. The minimum atomic E-state index is 0.210. The summed E-state index contributed by atoms with van der Waals surface area (Å²) in [6, 6.07) is 20.7. The molecule has 0 amide bonds. The average molecular weight is 418 g/mol. The molecule has 3 aromatic rings. The van der Waals surface area contributed by atoms with E-state index in [4.69, 9.17) is 16.7 Å². The lowest BCUT2D eigenvalue weighted by molar-refractivity contribution is 0.722. The van der Waals surface area contributed by atoms with Gasteiger partial charge in [0.15, 0.2) is 0 Å². The lowest BCUT2D eigenvalue weighted by Crippen LogP contribution is -2.17. The summed E-state index contributed by atoms with van der Waals surface area (Å²) in [7, 11) is 0. The van der Waals surface area contributed by atoms with E-state index >= 15 is 0 Å². The summed E-state index contributed by atoms with van der Waals surface area (Å²) in [5.74, 6) is 0. The Hall–Kier alpha value is -1.62. The van der Waals surface area contributed by atoms with Gasteiger partial charge in [-0.1, -0.05) is 51.8 Å². The van der Waals surface area contributed by atoms with E-state index < -0.39 is 0 Å². The van der Waals surface area contributed by atoms with Crippen molar-refractivity contribution in [3.63, 3.8) is 0 Å². The number of anilines is 1. The number of hydrazone groups is 1. The Balaban J connectivity index is 1.75. The fourth-order valence-corrected chi connectivity index (χ4v) is 4.15. The summed E-state index contributed by atoms with van der Waals surface area (Å²) in [4.78, 5) is 1.31. The first-order chi connectivity index (χ1) is 11.7. The van der Waals surface area contributed by atoms with Crippen molar-refractivity contribution in [2.75, 3.05) is 5.01 Å². The number of thiophene rings is 1. The SMILES string of the molecule is Clc1cccc(N2N=C(c3ccc(Br)cc3)C[C@@H]2c2cccs2)c1. The molecular formula is C19H14BrClN2S. The Kier molecular flexibility index (Phi) is 4.44. The quantitative estimate of drug-likeness (QED) is 0.473. The zero-order chi connectivity index (χ0) is 16.5. The third kappa shape index (κ3) is 3.14. The standard InChI is InChI=1S/C19H14BrClN2S/c20-14-8-6-13(7-9-14)17-12-18(19-5-2-10-24-19)23(22-17)16-4-1-3-15(21)11-16/h1-11,18H,12H2/t18-/m1/s1. The maximum atomic E-state index is 6.19. The molecule has 2 nitrogen and oxygen atoms in total. The molecule has 1 aliphatic heterocycles. The zero-order valence-electron chi connectivity index (χ0n) is 12.7. The number of halogens is 2. The summed E-state index contributed by atoms with van der Waals surface area (Å²) in [6.45, 7) is 0. The van der Waals surface area contributed by atoms with Crippen LogP contribution in [0.4, 0.5) is 5.69 Å². The second kappa shape index (κ2) is 6.71. The molecule has 2 heterocycles. The van der Waals surface area contributed by atoms with Gasteiger partial charge in [0.25, 0.3) is 0 Å². The number of hydrogen-bond donors (Lipinski definition) is 0. The van der Waals surface area contributed by atoms with Gasteiger partial charge >= 0.3 is 0 Å². The van der Waals surface area contributed by atoms with E-state index in [1.807, 2.05) is 18.2 Å². The largest absolute Gasteiger partial charge is 0.257 e. The van der Waals surface area contributed by atoms with Crippen molar-refractivity contribution < 1.29 is 0 Å². The number of rotatable bonds is 3. The highest BCUT2D eigenvalue weighted by atomic mass is 79.9. The molecule has 1 atom stereocenters. The predicted molar refractivity (Wildman–Crippen MR) is 106 cm³/mol. The van der Waals surface area contributed by atoms with Crippen LogP contribution in [-0.4, -0.2) is 5.71 Å². The van der Waals surface area contributed by atoms with Crippen LogP contribution in [0.1, 0.15) is 22.9 Å². The van der Waals surface area contributed by atoms with E-state index in [1.165, 1.54) is 4.88 Å². The summed E-state index contributed by atoms with van der Waals surface area (Å²) < 4.78 is 1.08. The van der Waals surface area contributed by atoms with E-state index in [0.717, 1.165) is 32.9 Å². The van der Waals surface area contributed by atoms with Crippen LogP contribution in [-0.2, 0) is 0 Å². The molecule has 1 aromatic heterocycles. The Morgan fingerprint density at radius 2 is 1.92 bits per heavy atom. The summed E-state index contributed by atoms with van der Waals surface area (Å²) >= 11 is 11.4. The highest BCUT2D eigenvalue weighted by Crippen LogP contribution is 2.39. The maximum Gasteiger partial charge on any atom is 0.0923 e. The van der Waals surface area contributed by atoms with Crippen LogP contribution >= 0.6 is 38.9 Å². The van der Waals surface area contributed by atoms with Crippen molar-refractivity contribution in [2.45, 2.75) is 12.5 Å². The molecule has 24 heavy (non-hydrogen) atoms. The highest BCUT2D eigenvalue weighted by Gasteiger charge is 2.30. The zero-order valence-corrected chi connectivity index (χ0v) is 15.9. The van der Waals surface area contributed by atoms with E-state index in [-0.39, 0.29) is 6.04 Å². The molecule has 0 fully saturated rings. The van der Waals surface area contributed by atoms with Crippen molar-refractivity contribution in [1.82, 2.24) is 0 Å². The topological polar surface area (TPSA) is 15.6 Å². The molecule has 0 bridgehead atoms. The van der Waals surface area contributed by atoms with Crippen molar-refractivity contribution in [3.05, 3.63) is 86.0 Å². The van der Waals surface area contributed by atoms with Crippen LogP contribution in [0.15, 0.2) is 75.6 Å². The molecule has 0 unspecified atom stereocenters. The van der Waals surface area contributed by atoms with Gasteiger partial charge in [-0.15, -0.1) is 11.3 Å². The smallest absolute Gasteiger partial charge is 0.0923 e. The van der Waals surface area contributed by atoms with E-state index in [2.05, 4.69) is 68.8 Å². The predicted octanol–water partition coefficient (Wildman–Crippen LogP) is 6.52. The molecule has 1 aliphatic rings. The lowest BCUT2D eigenvalue weighted by Gasteiger charge is -2.22. The molecule has 5 heteroatoms. The van der Waals surface area contributed by atoms with E-state index in [0.29, 0.717) is 0 Å². The molecule has 0 saturated carbocycles. The second-order valence-corrected chi connectivity index (χ2v) is 7.94. The van der Waals surface area contributed by atoms with Gasteiger partial charge in [0, 0.05) is 20.8 Å². The molecular weight excluding hydrogens is 404 g/mol. The Morgan fingerprint density at radius 1 is 1.08 bits per heavy atom. The van der Waals surface area contributed by atoms with Gasteiger partial charge in [-0.05, 0) is 47.3 Å². The first-order valence-corrected chi connectivity index (χ1v) is 9.67. The summed E-state index contributed by atoms with van der Waals surface area (Å²) in [6.07, 6.45) is 0.884. The maximum absolute atomic E-state index is 6.19. The van der Waals surface area contributed by atoms with Gasteiger partial charge in [0.1, 0.15) is 0 Å². The van der Waals surface area contributed by atoms with Gasteiger partial charge < -0.3 is 0 Å². The molecule has 0 aliphatic carbocycles. The third-order valence-electron chi connectivity index (χ3n) is 4.03. The monoisotopic (exact) mass is 416 g/mol. The minimum Gasteiger partial charge on any atom is -0.257 e. The second-order valence-electron chi connectivity index (χ2n) is 5.61. The summed E-state index contributed by atoms with van der Waals surface area (Å²) in [5.41, 5.74) is 3.28. The Bertz CT molecular complexity index is 875. The van der Waals surface area contributed by atoms with Crippen LogP contribution in [0.3, 0.4) is 0 Å². The summed E-state index contributed by atoms with van der Waals surface area (Å²) in [5, 5.41) is 9.85. The van der Waals surface area contributed by atoms with Gasteiger partial charge in [-0.25, -0.2) is 0 Å². The Morgan fingerprint density at radius 3 is 2.62 bits per heavy atom.